The Morgan fingerprint density at radius 1 is 1.53 bits per heavy atom. The van der Waals surface area contributed by atoms with Gasteiger partial charge in [-0.25, -0.2) is 0 Å². The maximum atomic E-state index is 12.5. The molecular weight excluding hydrogens is 286 g/mol. The number of rotatable bonds is 2. The molecule has 1 aromatic heterocycles. The molecule has 0 saturated heterocycles. The lowest BCUT2D eigenvalue weighted by Crippen LogP contribution is -2.29. The van der Waals surface area contributed by atoms with Gasteiger partial charge in [-0.15, -0.1) is 11.8 Å². The number of esters is 1. The Kier molecular flexibility index (Phi) is 3.28. The van der Waals surface area contributed by atoms with Crippen LogP contribution in [0.4, 0.5) is 5.69 Å². The van der Waals surface area contributed by atoms with Crippen molar-refractivity contribution in [1.29, 1.82) is 0 Å². The van der Waals surface area contributed by atoms with Crippen molar-refractivity contribution in [2.45, 2.75) is 18.6 Å². The monoisotopic (exact) mass is 297 g/mol. The number of fused-ring (bicyclic) bond motifs is 1. The van der Waals surface area contributed by atoms with Crippen LogP contribution in [-0.2, 0) is 11.3 Å². The van der Waals surface area contributed by atoms with Gasteiger partial charge in [-0.3, -0.25) is 14.2 Å². The summed E-state index contributed by atoms with van der Waals surface area (Å²) in [7, 11) is 0. The molecule has 2 aliphatic heterocycles. The highest BCUT2D eigenvalue weighted by molar-refractivity contribution is 8.02. The van der Waals surface area contributed by atoms with Crippen LogP contribution in [0, 0.1) is 0 Å². The van der Waals surface area contributed by atoms with Gasteiger partial charge >= 0.3 is 5.97 Å². The van der Waals surface area contributed by atoms with Gasteiger partial charge in [-0.05, 0) is 5.41 Å². The van der Waals surface area contributed by atoms with Gasteiger partial charge in [0.25, 0.3) is 11.4 Å². The molecule has 3 heterocycles. The van der Waals surface area contributed by atoms with E-state index in [1.807, 2.05) is 5.41 Å². The second-order valence-corrected chi connectivity index (χ2v) is 5.92. The zero-order valence-corrected chi connectivity index (χ0v) is 11.8. The van der Waals surface area contributed by atoms with E-state index in [0.717, 1.165) is 5.75 Å². The predicted octanol–water partition coefficient (Wildman–Crippen LogP) is 1.26. The third kappa shape index (κ3) is 2.25. The maximum Gasteiger partial charge on any atom is 0.309 e. The minimum absolute atomic E-state index is 0.102. The largest absolute Gasteiger partial charge is 0.405 e. The fourth-order valence-electron chi connectivity index (χ4n) is 1.92. The molecule has 0 saturated carbocycles. The molecule has 3 rings (SSSR count). The Balaban J connectivity index is 2.15. The number of thioether (sulfide) groups is 2. The van der Waals surface area contributed by atoms with Gasteiger partial charge in [-0.2, -0.15) is 4.98 Å². The van der Waals surface area contributed by atoms with E-state index in [0.29, 0.717) is 23.3 Å². The molecule has 0 bridgehead atoms. The van der Waals surface area contributed by atoms with E-state index < -0.39 is 5.97 Å². The van der Waals surface area contributed by atoms with Crippen molar-refractivity contribution >= 4 is 35.2 Å². The Bertz CT molecular complexity index is 626. The molecule has 0 aromatic carbocycles. The molecule has 0 fully saturated rings. The number of carbonyl (C=O) groups excluding carboxylic acids is 1. The third-order valence-corrected chi connectivity index (χ3v) is 4.40. The summed E-state index contributed by atoms with van der Waals surface area (Å²) in [6.45, 7) is 1.95. The molecule has 0 unspecified atom stereocenters. The lowest BCUT2D eigenvalue weighted by Gasteiger charge is -2.17. The first-order valence-electron chi connectivity index (χ1n) is 5.68. The van der Waals surface area contributed by atoms with Crippen molar-refractivity contribution in [3.63, 3.8) is 0 Å². The first-order chi connectivity index (χ1) is 9.16. The van der Waals surface area contributed by atoms with E-state index >= 15 is 0 Å². The highest BCUT2D eigenvalue weighted by Crippen LogP contribution is 2.32. The summed E-state index contributed by atoms with van der Waals surface area (Å²) < 4.78 is 6.73. The number of ether oxygens (including phenoxy) is 1. The van der Waals surface area contributed by atoms with Gasteiger partial charge in [0.1, 0.15) is 0 Å². The van der Waals surface area contributed by atoms with Crippen molar-refractivity contribution in [1.82, 2.24) is 9.55 Å². The second-order valence-electron chi connectivity index (χ2n) is 4.00. The molecule has 0 amide bonds. The van der Waals surface area contributed by atoms with E-state index in [2.05, 4.69) is 4.98 Å². The molecule has 8 heteroatoms. The smallest absolute Gasteiger partial charge is 0.309 e. The lowest BCUT2D eigenvalue weighted by molar-refractivity contribution is -0.132. The molecule has 0 N–H and O–H groups in total. The van der Waals surface area contributed by atoms with Crippen LogP contribution < -0.4 is 15.2 Å². The molecule has 6 nitrogen and oxygen atoms in total. The number of hydrogen-bond donors (Lipinski definition) is 0. The van der Waals surface area contributed by atoms with Crippen LogP contribution in [0.15, 0.2) is 21.6 Å². The van der Waals surface area contributed by atoms with Crippen molar-refractivity contribution < 1.29 is 9.53 Å². The first-order valence-corrected chi connectivity index (χ1v) is 7.71. The van der Waals surface area contributed by atoms with Crippen LogP contribution >= 0.6 is 23.5 Å². The van der Waals surface area contributed by atoms with Gasteiger partial charge in [0.05, 0.1) is 5.88 Å². The minimum atomic E-state index is -0.475. The summed E-state index contributed by atoms with van der Waals surface area (Å²) >= 11 is 3.06. The van der Waals surface area contributed by atoms with Gasteiger partial charge < -0.3 is 9.64 Å². The summed E-state index contributed by atoms with van der Waals surface area (Å²) in [4.78, 5) is 29.7. The maximum absolute atomic E-state index is 12.5. The Morgan fingerprint density at radius 2 is 2.37 bits per heavy atom. The third-order valence-electron chi connectivity index (χ3n) is 2.70. The second kappa shape index (κ2) is 4.93. The zero-order chi connectivity index (χ0) is 13.4. The fraction of sp³-hybridized carbons (Fsp3) is 0.364. The first kappa shape index (κ1) is 12.6. The highest BCUT2D eigenvalue weighted by atomic mass is 32.2. The SMILES string of the molecule is CC(=O)Oc1nc2n(c(=O)c1N1C=CSC1)CCS2. The van der Waals surface area contributed by atoms with E-state index in [4.69, 9.17) is 4.74 Å². The normalized spacial score (nSPS) is 16.8. The van der Waals surface area contributed by atoms with Crippen LogP contribution in [0.3, 0.4) is 0 Å². The van der Waals surface area contributed by atoms with Crippen molar-refractivity contribution in [3.05, 3.63) is 22.0 Å². The number of anilines is 1. The number of carbonyl (C=O) groups is 1. The topological polar surface area (TPSA) is 64.4 Å². The fourth-order valence-corrected chi connectivity index (χ4v) is 3.55. The van der Waals surface area contributed by atoms with Crippen LogP contribution in [0.5, 0.6) is 5.88 Å². The standard InChI is InChI=1S/C11H11N3O3S2/c1-7(15)17-9-8(13-2-4-18-6-13)10(16)14-3-5-19-11(14)12-9/h2,4H,3,5-6H2,1H3. The zero-order valence-electron chi connectivity index (χ0n) is 10.2. The molecule has 0 aliphatic carbocycles. The van der Waals surface area contributed by atoms with E-state index in [1.54, 1.807) is 27.4 Å². The molecule has 1 aromatic rings. The van der Waals surface area contributed by atoms with Gasteiger partial charge in [0.2, 0.25) is 0 Å². The molecular formula is C11H11N3O3S2. The Morgan fingerprint density at radius 3 is 3.05 bits per heavy atom. The highest BCUT2D eigenvalue weighted by Gasteiger charge is 2.26. The molecule has 0 atom stereocenters. The lowest BCUT2D eigenvalue weighted by atomic mass is 10.4. The quantitative estimate of drug-likeness (QED) is 0.601. The summed E-state index contributed by atoms with van der Waals surface area (Å²) in [6.07, 6.45) is 1.80. The van der Waals surface area contributed by atoms with Gasteiger partial charge in [0, 0.05) is 25.4 Å². The van der Waals surface area contributed by atoms with Crippen LogP contribution in [0.2, 0.25) is 0 Å². The van der Waals surface area contributed by atoms with Crippen molar-refractivity contribution in [2.75, 3.05) is 16.5 Å². The Hall–Kier alpha value is -1.41. The number of hydrogen-bond acceptors (Lipinski definition) is 7. The molecule has 0 radical (unpaired) electrons. The molecule has 2 aliphatic rings. The van der Waals surface area contributed by atoms with Crippen LogP contribution in [0.25, 0.3) is 0 Å². The van der Waals surface area contributed by atoms with E-state index in [9.17, 15) is 9.59 Å². The van der Waals surface area contributed by atoms with E-state index in [-0.39, 0.29) is 11.4 Å². The van der Waals surface area contributed by atoms with Crippen molar-refractivity contribution in [2.24, 2.45) is 0 Å². The summed E-state index contributed by atoms with van der Waals surface area (Å²) in [6, 6.07) is 0. The van der Waals surface area contributed by atoms with Crippen LogP contribution in [0.1, 0.15) is 6.92 Å². The van der Waals surface area contributed by atoms with E-state index in [1.165, 1.54) is 18.7 Å². The Labute approximate surface area is 117 Å². The van der Waals surface area contributed by atoms with Gasteiger partial charge in [-0.1, -0.05) is 11.8 Å². The summed E-state index contributed by atoms with van der Waals surface area (Å²) in [5, 5.41) is 2.50. The van der Waals surface area contributed by atoms with Crippen molar-refractivity contribution in [3.8, 4) is 5.88 Å². The van der Waals surface area contributed by atoms with Gasteiger partial charge in [0.15, 0.2) is 10.8 Å². The average molecular weight is 297 g/mol. The number of aromatic nitrogens is 2. The summed E-state index contributed by atoms with van der Waals surface area (Å²) in [5.74, 6) is 1.07. The predicted molar refractivity (Wildman–Crippen MR) is 74.6 cm³/mol. The molecule has 19 heavy (non-hydrogen) atoms. The number of nitrogens with zero attached hydrogens (tertiary/aromatic N) is 3. The average Bonchev–Trinajstić information content (AvgIpc) is 2.98. The van der Waals surface area contributed by atoms with Crippen LogP contribution in [-0.4, -0.2) is 27.2 Å². The molecule has 100 valence electrons. The molecule has 0 spiro atoms. The summed E-state index contributed by atoms with van der Waals surface area (Å²) in [5.41, 5.74) is 0.182. The minimum Gasteiger partial charge on any atom is -0.405 e.